The van der Waals surface area contributed by atoms with E-state index in [-0.39, 0.29) is 5.54 Å². The third-order valence-corrected chi connectivity index (χ3v) is 4.98. The first-order chi connectivity index (χ1) is 10.2. The molecule has 21 heavy (non-hydrogen) atoms. The van der Waals surface area contributed by atoms with E-state index in [1.54, 1.807) is 6.42 Å². The quantitative estimate of drug-likeness (QED) is 0.800. The molecule has 0 N–H and O–H groups in total. The van der Waals surface area contributed by atoms with Crippen LogP contribution in [0.4, 0.5) is 0 Å². The van der Waals surface area contributed by atoms with Crippen LogP contribution in [0.5, 0.6) is 0 Å². The highest BCUT2D eigenvalue weighted by Crippen LogP contribution is 2.43. The second-order valence-corrected chi connectivity index (χ2v) is 6.25. The fraction of sp³-hybridized carbons (Fsp3) is 0.556. The minimum absolute atomic E-state index is 0.111. The molecule has 1 aliphatic heterocycles. The Balaban J connectivity index is 1.46. The molecule has 1 aromatic rings. The lowest BCUT2D eigenvalue weighted by atomic mass is 10.1. The van der Waals surface area contributed by atoms with E-state index >= 15 is 0 Å². The van der Waals surface area contributed by atoms with Crippen LogP contribution in [-0.2, 0) is 11.2 Å². The normalized spacial score (nSPS) is 22.1. The summed E-state index contributed by atoms with van der Waals surface area (Å²) in [6.07, 6.45) is 4.99. The Hall–Kier alpha value is -1.19. The maximum Gasteiger partial charge on any atom is 0.156 e. The molecule has 0 aromatic heterocycles. The highest BCUT2D eigenvalue weighted by atomic mass is 16.1. The Morgan fingerprint density at radius 1 is 1.14 bits per heavy atom. The third kappa shape index (κ3) is 3.19. The molecule has 0 bridgehead atoms. The molecule has 2 fully saturated rings. The molecule has 1 saturated carbocycles. The Morgan fingerprint density at radius 2 is 1.81 bits per heavy atom. The van der Waals surface area contributed by atoms with E-state index in [0.717, 1.165) is 52.0 Å². The first-order valence-electron chi connectivity index (χ1n) is 8.10. The number of hydrogen-bond donors (Lipinski definition) is 0. The van der Waals surface area contributed by atoms with Crippen LogP contribution in [0.1, 0.15) is 25.3 Å². The Morgan fingerprint density at radius 3 is 2.38 bits per heavy atom. The predicted molar refractivity (Wildman–Crippen MR) is 85.1 cm³/mol. The maximum atomic E-state index is 12.1. The zero-order chi connectivity index (χ0) is 14.7. The number of piperazine rings is 1. The molecule has 0 spiro atoms. The summed E-state index contributed by atoms with van der Waals surface area (Å²) in [5.41, 5.74) is 1.30. The van der Waals surface area contributed by atoms with Gasteiger partial charge in [-0.15, -0.1) is 0 Å². The summed E-state index contributed by atoms with van der Waals surface area (Å²) in [5.74, 6) is 0.334. The van der Waals surface area contributed by atoms with Gasteiger partial charge in [0.05, 0.1) is 5.54 Å². The summed E-state index contributed by atoms with van der Waals surface area (Å²) >= 11 is 0. The molecule has 1 radical (unpaired) electrons. The number of ketones is 1. The molecular formula is C18H25N2O. The van der Waals surface area contributed by atoms with E-state index in [2.05, 4.69) is 40.1 Å². The van der Waals surface area contributed by atoms with E-state index in [0.29, 0.717) is 5.78 Å². The van der Waals surface area contributed by atoms with Crippen molar-refractivity contribution in [2.45, 2.75) is 31.7 Å². The average Bonchev–Trinajstić information content (AvgIpc) is 3.35. The van der Waals surface area contributed by atoms with Crippen molar-refractivity contribution in [1.82, 2.24) is 9.80 Å². The van der Waals surface area contributed by atoms with Gasteiger partial charge in [-0.2, -0.15) is 0 Å². The monoisotopic (exact) mass is 285 g/mol. The van der Waals surface area contributed by atoms with Crippen LogP contribution < -0.4 is 0 Å². The number of Topliss-reactive ketones (excluding diaryl/α,β-unsaturated/α-hetero) is 1. The lowest BCUT2D eigenvalue weighted by molar-refractivity contribution is -0.123. The van der Waals surface area contributed by atoms with Crippen LogP contribution in [-0.4, -0.2) is 53.8 Å². The lowest BCUT2D eigenvalue weighted by Gasteiger charge is -2.39. The molecule has 113 valence electrons. The minimum atomic E-state index is -0.111. The zero-order valence-corrected chi connectivity index (χ0v) is 12.9. The first kappa shape index (κ1) is 14.7. The van der Waals surface area contributed by atoms with Gasteiger partial charge in [0.15, 0.2) is 5.78 Å². The van der Waals surface area contributed by atoms with Crippen molar-refractivity contribution in [2.24, 2.45) is 0 Å². The summed E-state index contributed by atoms with van der Waals surface area (Å²) in [6.45, 7) is 7.25. The number of hydrogen-bond acceptors (Lipinski definition) is 3. The predicted octanol–water partition coefficient (Wildman–Crippen LogP) is 2.17. The van der Waals surface area contributed by atoms with Crippen LogP contribution in [0, 0.1) is 6.42 Å². The van der Waals surface area contributed by atoms with Gasteiger partial charge in [-0.05, 0) is 24.8 Å². The van der Waals surface area contributed by atoms with Crippen LogP contribution in [0.2, 0.25) is 0 Å². The number of benzene rings is 1. The molecule has 0 unspecified atom stereocenters. The van der Waals surface area contributed by atoms with E-state index in [1.807, 2.05) is 6.92 Å². The van der Waals surface area contributed by atoms with E-state index in [9.17, 15) is 4.79 Å². The number of nitrogens with zero attached hydrogens (tertiary/aromatic N) is 2. The van der Waals surface area contributed by atoms with E-state index in [4.69, 9.17) is 0 Å². The van der Waals surface area contributed by atoms with Crippen molar-refractivity contribution in [3.8, 4) is 0 Å². The molecule has 1 aliphatic carbocycles. The maximum absolute atomic E-state index is 12.1. The largest absolute Gasteiger partial charge is 0.300 e. The SMILES string of the molecule is C[CH]C(=O)C1(N2CCN(CCc3ccccc3)CC2)CC1. The van der Waals surface area contributed by atoms with E-state index in [1.165, 1.54) is 5.56 Å². The number of carbonyl (C=O) groups excluding carboxylic acids is 1. The molecule has 1 saturated heterocycles. The number of rotatable bonds is 6. The zero-order valence-electron chi connectivity index (χ0n) is 12.9. The summed E-state index contributed by atoms with van der Waals surface area (Å²) < 4.78 is 0. The van der Waals surface area contributed by atoms with Gasteiger partial charge >= 0.3 is 0 Å². The van der Waals surface area contributed by atoms with Gasteiger partial charge in [0.25, 0.3) is 0 Å². The van der Waals surface area contributed by atoms with Crippen molar-refractivity contribution in [1.29, 1.82) is 0 Å². The fourth-order valence-corrected chi connectivity index (χ4v) is 3.44. The standard InChI is InChI=1S/C18H25N2O/c1-2-17(21)18(9-10-18)20-14-12-19(13-15-20)11-8-16-6-4-3-5-7-16/h2-7H,8-15H2,1H3. The fourth-order valence-electron chi connectivity index (χ4n) is 3.44. The summed E-state index contributed by atoms with van der Waals surface area (Å²) in [7, 11) is 0. The van der Waals surface area contributed by atoms with Gasteiger partial charge in [-0.3, -0.25) is 9.69 Å². The summed E-state index contributed by atoms with van der Waals surface area (Å²) in [6, 6.07) is 10.7. The smallest absolute Gasteiger partial charge is 0.156 e. The van der Waals surface area contributed by atoms with Crippen LogP contribution in [0.15, 0.2) is 30.3 Å². The molecular weight excluding hydrogens is 260 g/mol. The van der Waals surface area contributed by atoms with Gasteiger partial charge in [-0.25, -0.2) is 0 Å². The average molecular weight is 285 g/mol. The molecule has 3 heteroatoms. The van der Waals surface area contributed by atoms with Gasteiger partial charge in [0, 0.05) is 39.1 Å². The molecule has 3 rings (SSSR count). The second-order valence-electron chi connectivity index (χ2n) is 6.25. The van der Waals surface area contributed by atoms with Crippen molar-refractivity contribution in [2.75, 3.05) is 32.7 Å². The van der Waals surface area contributed by atoms with E-state index < -0.39 is 0 Å². The van der Waals surface area contributed by atoms with Crippen LogP contribution in [0.3, 0.4) is 0 Å². The van der Waals surface area contributed by atoms with Crippen molar-refractivity contribution >= 4 is 5.78 Å². The minimum Gasteiger partial charge on any atom is -0.300 e. The van der Waals surface area contributed by atoms with Crippen LogP contribution in [0.25, 0.3) is 0 Å². The molecule has 2 aliphatic rings. The topological polar surface area (TPSA) is 23.6 Å². The molecule has 1 aromatic carbocycles. The molecule has 0 amide bonds. The molecule has 3 nitrogen and oxygen atoms in total. The van der Waals surface area contributed by atoms with Gasteiger partial charge < -0.3 is 4.90 Å². The second kappa shape index (κ2) is 6.29. The molecule has 1 heterocycles. The van der Waals surface area contributed by atoms with Crippen molar-refractivity contribution in [3.63, 3.8) is 0 Å². The number of carbonyl (C=O) groups is 1. The lowest BCUT2D eigenvalue weighted by Crippen LogP contribution is -2.54. The summed E-state index contributed by atoms with van der Waals surface area (Å²) in [4.78, 5) is 17.0. The van der Waals surface area contributed by atoms with Crippen molar-refractivity contribution in [3.05, 3.63) is 42.3 Å². The summed E-state index contributed by atoms with van der Waals surface area (Å²) in [5, 5.41) is 0. The highest BCUT2D eigenvalue weighted by Gasteiger charge is 2.53. The first-order valence-corrected chi connectivity index (χ1v) is 8.10. The van der Waals surface area contributed by atoms with Crippen molar-refractivity contribution < 1.29 is 4.79 Å². The third-order valence-electron chi connectivity index (χ3n) is 4.98. The van der Waals surface area contributed by atoms with Crippen LogP contribution >= 0.6 is 0 Å². The Bertz CT molecular complexity index is 473. The molecule has 0 atom stereocenters. The Labute approximate surface area is 127 Å². The van der Waals surface area contributed by atoms with Gasteiger partial charge in [0.1, 0.15) is 0 Å². The van der Waals surface area contributed by atoms with Gasteiger partial charge in [0.2, 0.25) is 0 Å². The van der Waals surface area contributed by atoms with Gasteiger partial charge in [-0.1, -0.05) is 37.3 Å². The Kier molecular flexibility index (Phi) is 4.41. The highest BCUT2D eigenvalue weighted by molar-refractivity contribution is 5.97.